The summed E-state index contributed by atoms with van der Waals surface area (Å²) < 4.78 is 25.0. The van der Waals surface area contributed by atoms with Crippen molar-refractivity contribution in [1.29, 1.82) is 0 Å². The Bertz CT molecular complexity index is 1270. The Morgan fingerprint density at radius 2 is 1.91 bits per heavy atom. The highest BCUT2D eigenvalue weighted by molar-refractivity contribution is 5.95. The number of carbonyl (C=O) groups excluding carboxylic acids is 2. The monoisotopic (exact) mass is 476 g/mol. The summed E-state index contributed by atoms with van der Waals surface area (Å²) in [5, 5.41) is 0. The number of halogens is 1. The van der Waals surface area contributed by atoms with E-state index in [9.17, 15) is 14.0 Å². The van der Waals surface area contributed by atoms with Crippen LogP contribution in [-0.4, -0.2) is 42.0 Å². The molecule has 4 rings (SSSR count). The SMILES string of the molecule is CCOC(=O)C(c1ccc2c(c1)CN(C(=O)c1cc(C)ccc1F)CC2)c1cnc(OC)cc1C. The summed E-state index contributed by atoms with van der Waals surface area (Å²) in [6.07, 6.45) is 2.30. The molecule has 7 heteroatoms. The molecule has 0 radical (unpaired) electrons. The van der Waals surface area contributed by atoms with Gasteiger partial charge in [-0.05, 0) is 67.1 Å². The van der Waals surface area contributed by atoms with Gasteiger partial charge in [-0.25, -0.2) is 9.37 Å². The van der Waals surface area contributed by atoms with Crippen LogP contribution < -0.4 is 4.74 Å². The van der Waals surface area contributed by atoms with Crippen LogP contribution in [0.25, 0.3) is 0 Å². The lowest BCUT2D eigenvalue weighted by Gasteiger charge is -2.30. The van der Waals surface area contributed by atoms with Gasteiger partial charge in [0.15, 0.2) is 0 Å². The van der Waals surface area contributed by atoms with Crippen LogP contribution in [0, 0.1) is 19.7 Å². The first-order valence-corrected chi connectivity index (χ1v) is 11.7. The molecule has 182 valence electrons. The van der Waals surface area contributed by atoms with Crippen molar-refractivity contribution < 1.29 is 23.5 Å². The molecule has 2 aromatic carbocycles. The molecule has 0 saturated carbocycles. The van der Waals surface area contributed by atoms with Gasteiger partial charge in [-0.2, -0.15) is 0 Å². The van der Waals surface area contributed by atoms with Crippen LogP contribution in [0.5, 0.6) is 5.88 Å². The molecule has 35 heavy (non-hydrogen) atoms. The average molecular weight is 477 g/mol. The minimum Gasteiger partial charge on any atom is -0.481 e. The zero-order chi connectivity index (χ0) is 25.1. The molecule has 0 spiro atoms. The number of benzene rings is 2. The highest BCUT2D eigenvalue weighted by Crippen LogP contribution is 2.32. The van der Waals surface area contributed by atoms with Crippen LogP contribution >= 0.6 is 0 Å². The number of rotatable bonds is 6. The Labute approximate surface area is 204 Å². The van der Waals surface area contributed by atoms with Crippen molar-refractivity contribution in [3.63, 3.8) is 0 Å². The Morgan fingerprint density at radius 1 is 1.11 bits per heavy atom. The molecule has 3 aromatic rings. The molecular formula is C28H29FN2O4. The van der Waals surface area contributed by atoms with Crippen molar-refractivity contribution in [2.75, 3.05) is 20.3 Å². The quantitative estimate of drug-likeness (QED) is 0.481. The zero-order valence-electron chi connectivity index (χ0n) is 20.4. The number of aryl methyl sites for hydroxylation is 2. The summed E-state index contributed by atoms with van der Waals surface area (Å²) in [5.41, 5.74) is 5.30. The molecule has 1 aliphatic rings. The second-order valence-electron chi connectivity index (χ2n) is 8.76. The summed E-state index contributed by atoms with van der Waals surface area (Å²) in [6.45, 7) is 6.61. The first-order valence-electron chi connectivity index (χ1n) is 11.7. The maximum atomic E-state index is 14.4. The van der Waals surface area contributed by atoms with Crippen molar-refractivity contribution in [2.45, 2.75) is 39.7 Å². The van der Waals surface area contributed by atoms with E-state index in [2.05, 4.69) is 4.98 Å². The van der Waals surface area contributed by atoms with E-state index in [4.69, 9.17) is 9.47 Å². The number of hydrogen-bond acceptors (Lipinski definition) is 5. The number of carbonyl (C=O) groups is 2. The van der Waals surface area contributed by atoms with Crippen molar-refractivity contribution in [1.82, 2.24) is 9.88 Å². The second-order valence-corrected chi connectivity index (χ2v) is 8.76. The van der Waals surface area contributed by atoms with Crippen molar-refractivity contribution in [2.24, 2.45) is 0 Å². The van der Waals surface area contributed by atoms with Crippen LogP contribution in [0.3, 0.4) is 0 Å². The van der Waals surface area contributed by atoms with Gasteiger partial charge in [0.1, 0.15) is 11.7 Å². The van der Waals surface area contributed by atoms with Crippen molar-refractivity contribution >= 4 is 11.9 Å². The smallest absolute Gasteiger partial charge is 0.317 e. The lowest BCUT2D eigenvalue weighted by Crippen LogP contribution is -2.36. The predicted molar refractivity (Wildman–Crippen MR) is 130 cm³/mol. The van der Waals surface area contributed by atoms with Crippen LogP contribution in [-0.2, 0) is 22.5 Å². The van der Waals surface area contributed by atoms with E-state index in [1.54, 1.807) is 43.3 Å². The predicted octanol–water partition coefficient (Wildman–Crippen LogP) is 4.74. The standard InChI is InChI=1S/C28H29FN2O4/c1-5-35-28(33)26(23-15-30-25(34-4)13-18(23)3)20-8-7-19-10-11-31(16-21(19)14-20)27(32)22-12-17(2)6-9-24(22)29/h6-9,12-15,26H,5,10-11,16H2,1-4H3. The van der Waals surface area contributed by atoms with Crippen molar-refractivity contribution in [3.8, 4) is 5.88 Å². The third-order valence-electron chi connectivity index (χ3n) is 6.38. The first kappa shape index (κ1) is 24.4. The maximum Gasteiger partial charge on any atom is 0.317 e. The van der Waals surface area contributed by atoms with Gasteiger partial charge in [0.2, 0.25) is 5.88 Å². The number of fused-ring (bicyclic) bond motifs is 1. The average Bonchev–Trinajstić information content (AvgIpc) is 2.86. The highest BCUT2D eigenvalue weighted by Gasteiger charge is 2.29. The van der Waals surface area contributed by atoms with Gasteiger partial charge in [-0.1, -0.05) is 29.8 Å². The molecule has 1 unspecified atom stereocenters. The lowest BCUT2D eigenvalue weighted by atomic mass is 9.86. The van der Waals surface area contributed by atoms with Gasteiger partial charge in [-0.3, -0.25) is 9.59 Å². The molecule has 0 N–H and O–H groups in total. The molecule has 6 nitrogen and oxygen atoms in total. The van der Waals surface area contributed by atoms with Crippen LogP contribution in [0.2, 0.25) is 0 Å². The van der Waals surface area contributed by atoms with Gasteiger partial charge in [-0.15, -0.1) is 0 Å². The normalized spacial score (nSPS) is 13.7. The van der Waals surface area contributed by atoms with Gasteiger partial charge in [0.25, 0.3) is 5.91 Å². The minimum absolute atomic E-state index is 0.0777. The number of hydrogen-bond donors (Lipinski definition) is 0. The molecular weight excluding hydrogens is 447 g/mol. The molecule has 1 aliphatic heterocycles. The number of ether oxygens (including phenoxy) is 2. The summed E-state index contributed by atoms with van der Waals surface area (Å²) in [4.78, 5) is 32.1. The Hall–Kier alpha value is -3.74. The van der Waals surface area contributed by atoms with E-state index in [1.165, 1.54) is 6.07 Å². The Balaban J connectivity index is 1.68. The van der Waals surface area contributed by atoms with E-state index < -0.39 is 11.7 Å². The number of amides is 1. The van der Waals surface area contributed by atoms with Gasteiger partial charge in [0.05, 0.1) is 19.3 Å². The lowest BCUT2D eigenvalue weighted by molar-refractivity contribution is -0.143. The van der Waals surface area contributed by atoms with E-state index in [0.717, 1.165) is 33.4 Å². The number of methoxy groups -OCH3 is 1. The topological polar surface area (TPSA) is 68.7 Å². The molecule has 1 amide bonds. The van der Waals surface area contributed by atoms with Crippen LogP contribution in [0.15, 0.2) is 48.7 Å². The highest BCUT2D eigenvalue weighted by atomic mass is 19.1. The van der Waals surface area contributed by atoms with Crippen molar-refractivity contribution in [3.05, 3.63) is 93.4 Å². The number of aromatic nitrogens is 1. The van der Waals surface area contributed by atoms with Gasteiger partial charge >= 0.3 is 5.97 Å². The Morgan fingerprint density at radius 3 is 2.63 bits per heavy atom. The maximum absolute atomic E-state index is 14.4. The number of pyridine rings is 1. The minimum atomic E-state index is -0.668. The molecule has 1 atom stereocenters. The Kier molecular flexibility index (Phi) is 7.15. The molecule has 0 bridgehead atoms. The van der Waals surface area contributed by atoms with Gasteiger partial charge in [0, 0.05) is 25.4 Å². The molecule has 0 saturated heterocycles. The summed E-state index contributed by atoms with van der Waals surface area (Å²) in [7, 11) is 1.55. The fraction of sp³-hybridized carbons (Fsp3) is 0.321. The van der Waals surface area contributed by atoms with Gasteiger partial charge < -0.3 is 14.4 Å². The molecule has 0 aliphatic carbocycles. The second kappa shape index (κ2) is 10.3. The number of esters is 1. The first-order chi connectivity index (χ1) is 16.8. The zero-order valence-corrected chi connectivity index (χ0v) is 20.4. The number of nitrogens with zero attached hydrogens (tertiary/aromatic N) is 2. The summed E-state index contributed by atoms with van der Waals surface area (Å²) in [6, 6.07) is 12.2. The summed E-state index contributed by atoms with van der Waals surface area (Å²) in [5.74, 6) is -1.42. The van der Waals surface area contributed by atoms with E-state index >= 15 is 0 Å². The van der Waals surface area contributed by atoms with Crippen LogP contribution in [0.1, 0.15) is 56.6 Å². The summed E-state index contributed by atoms with van der Waals surface area (Å²) >= 11 is 0. The van der Waals surface area contributed by atoms with E-state index in [0.29, 0.717) is 25.4 Å². The molecule has 1 aromatic heterocycles. The molecule has 2 heterocycles. The largest absolute Gasteiger partial charge is 0.481 e. The van der Waals surface area contributed by atoms with E-state index in [1.807, 2.05) is 32.0 Å². The van der Waals surface area contributed by atoms with E-state index in [-0.39, 0.29) is 24.0 Å². The molecule has 0 fully saturated rings. The fourth-order valence-electron chi connectivity index (χ4n) is 4.53. The van der Waals surface area contributed by atoms with Crippen LogP contribution in [0.4, 0.5) is 4.39 Å². The fourth-order valence-corrected chi connectivity index (χ4v) is 4.53. The third-order valence-corrected chi connectivity index (χ3v) is 6.38. The third kappa shape index (κ3) is 5.04.